The van der Waals surface area contributed by atoms with E-state index in [0.717, 1.165) is 11.1 Å². The summed E-state index contributed by atoms with van der Waals surface area (Å²) in [6, 6.07) is 11.1. The fourth-order valence-electron chi connectivity index (χ4n) is 3.72. The average molecular weight is 443 g/mol. The molecule has 1 heterocycles. The van der Waals surface area contributed by atoms with Crippen LogP contribution in [0.4, 0.5) is 4.39 Å². The third-order valence-corrected chi connectivity index (χ3v) is 5.32. The minimum Gasteiger partial charge on any atom is -0.486 e. The molecule has 0 spiro atoms. The summed E-state index contributed by atoms with van der Waals surface area (Å²) in [6.07, 6.45) is 1.24. The molecule has 2 aromatic carbocycles. The number of hydrogen-bond acceptors (Lipinski definition) is 4. The van der Waals surface area contributed by atoms with E-state index >= 15 is 0 Å². The van der Waals surface area contributed by atoms with E-state index in [1.807, 2.05) is 39.0 Å². The van der Waals surface area contributed by atoms with Gasteiger partial charge in [-0.25, -0.2) is 4.39 Å². The summed E-state index contributed by atoms with van der Waals surface area (Å²) in [7, 11) is 0. The van der Waals surface area contributed by atoms with E-state index < -0.39 is 6.04 Å². The van der Waals surface area contributed by atoms with E-state index in [-0.39, 0.29) is 36.6 Å². The number of fused-ring (bicyclic) bond motifs is 1. The summed E-state index contributed by atoms with van der Waals surface area (Å²) in [5.41, 5.74) is 1.74. The van der Waals surface area contributed by atoms with Crippen molar-refractivity contribution in [1.82, 2.24) is 10.2 Å². The SMILES string of the molecule is CC[C@@H](C(=O)NC(C)C)N(Cc1ccc(F)cc1)C(=O)CCc1ccc2c(c1)OCCO2. The molecule has 0 radical (unpaired) electrons. The molecule has 7 heteroatoms. The van der Waals surface area contributed by atoms with Crippen molar-refractivity contribution in [1.29, 1.82) is 0 Å². The molecule has 1 aliphatic heterocycles. The summed E-state index contributed by atoms with van der Waals surface area (Å²) in [4.78, 5) is 27.7. The molecule has 0 bridgehead atoms. The van der Waals surface area contributed by atoms with Crippen LogP contribution < -0.4 is 14.8 Å². The molecule has 0 saturated heterocycles. The van der Waals surface area contributed by atoms with Crippen molar-refractivity contribution in [3.63, 3.8) is 0 Å². The first-order valence-corrected chi connectivity index (χ1v) is 11.1. The van der Waals surface area contributed by atoms with Crippen molar-refractivity contribution >= 4 is 11.8 Å². The number of benzene rings is 2. The van der Waals surface area contributed by atoms with Gasteiger partial charge in [0.05, 0.1) is 0 Å². The maximum absolute atomic E-state index is 13.3. The zero-order valence-corrected chi connectivity index (χ0v) is 18.9. The van der Waals surface area contributed by atoms with Crippen LogP contribution in [0.1, 0.15) is 44.7 Å². The molecule has 0 unspecified atom stereocenters. The fraction of sp³-hybridized carbons (Fsp3) is 0.440. The highest BCUT2D eigenvalue weighted by Crippen LogP contribution is 2.31. The molecule has 1 atom stereocenters. The summed E-state index contributed by atoms with van der Waals surface area (Å²) in [5, 5.41) is 2.91. The van der Waals surface area contributed by atoms with Crippen LogP contribution in [0.15, 0.2) is 42.5 Å². The van der Waals surface area contributed by atoms with Crippen LogP contribution >= 0.6 is 0 Å². The Morgan fingerprint density at radius 1 is 1.03 bits per heavy atom. The van der Waals surface area contributed by atoms with Crippen LogP contribution in [0, 0.1) is 5.82 Å². The Balaban J connectivity index is 1.75. The van der Waals surface area contributed by atoms with Crippen molar-refractivity contribution in [2.45, 2.75) is 58.7 Å². The molecule has 0 aromatic heterocycles. The van der Waals surface area contributed by atoms with Crippen molar-refractivity contribution < 1.29 is 23.5 Å². The Kier molecular flexibility index (Phi) is 8.09. The Morgan fingerprint density at radius 2 is 1.69 bits per heavy atom. The van der Waals surface area contributed by atoms with Crippen LogP contribution in [0.5, 0.6) is 11.5 Å². The number of nitrogens with zero attached hydrogens (tertiary/aromatic N) is 1. The first-order chi connectivity index (χ1) is 15.4. The molecule has 1 aliphatic rings. The number of carbonyl (C=O) groups is 2. The first-order valence-electron chi connectivity index (χ1n) is 11.1. The minimum absolute atomic E-state index is 0.0305. The highest BCUT2D eigenvalue weighted by molar-refractivity contribution is 5.87. The molecular weight excluding hydrogens is 411 g/mol. The van der Waals surface area contributed by atoms with Crippen molar-refractivity contribution in [2.75, 3.05) is 13.2 Å². The van der Waals surface area contributed by atoms with Gasteiger partial charge in [-0.1, -0.05) is 25.1 Å². The number of amides is 2. The average Bonchev–Trinajstić information content (AvgIpc) is 2.78. The highest BCUT2D eigenvalue weighted by Gasteiger charge is 2.28. The lowest BCUT2D eigenvalue weighted by Crippen LogP contribution is -2.50. The molecule has 0 aliphatic carbocycles. The van der Waals surface area contributed by atoms with Gasteiger partial charge in [0.1, 0.15) is 25.1 Å². The molecular formula is C25H31FN2O4. The van der Waals surface area contributed by atoms with Crippen molar-refractivity contribution in [3.8, 4) is 11.5 Å². The van der Waals surface area contributed by atoms with Crippen LogP contribution in [0.2, 0.25) is 0 Å². The fourth-order valence-corrected chi connectivity index (χ4v) is 3.72. The second-order valence-electron chi connectivity index (χ2n) is 8.21. The van der Waals surface area contributed by atoms with Gasteiger partial charge in [0.2, 0.25) is 11.8 Å². The van der Waals surface area contributed by atoms with Crippen LogP contribution in [-0.4, -0.2) is 42.0 Å². The highest BCUT2D eigenvalue weighted by atomic mass is 19.1. The number of hydrogen-bond donors (Lipinski definition) is 1. The van der Waals surface area contributed by atoms with Crippen LogP contribution in [-0.2, 0) is 22.6 Å². The van der Waals surface area contributed by atoms with Gasteiger partial charge in [-0.15, -0.1) is 0 Å². The number of ether oxygens (including phenoxy) is 2. The molecule has 0 saturated carbocycles. The second-order valence-corrected chi connectivity index (χ2v) is 8.21. The van der Waals surface area contributed by atoms with Gasteiger partial charge in [0.25, 0.3) is 0 Å². The maximum Gasteiger partial charge on any atom is 0.243 e. The number of halogens is 1. The quantitative estimate of drug-likeness (QED) is 0.640. The van der Waals surface area contributed by atoms with E-state index in [1.165, 1.54) is 12.1 Å². The Bertz CT molecular complexity index is 930. The normalized spacial score (nSPS) is 13.5. The van der Waals surface area contributed by atoms with Gasteiger partial charge in [-0.05, 0) is 62.1 Å². The van der Waals surface area contributed by atoms with Crippen LogP contribution in [0.25, 0.3) is 0 Å². The van der Waals surface area contributed by atoms with E-state index in [0.29, 0.717) is 37.6 Å². The zero-order valence-electron chi connectivity index (χ0n) is 18.9. The van der Waals surface area contributed by atoms with Gasteiger partial charge >= 0.3 is 0 Å². The second kappa shape index (κ2) is 11.0. The van der Waals surface area contributed by atoms with Gasteiger partial charge in [0, 0.05) is 19.0 Å². The number of nitrogens with one attached hydrogen (secondary N) is 1. The number of rotatable bonds is 9. The molecule has 0 fully saturated rings. The monoisotopic (exact) mass is 442 g/mol. The first kappa shape index (κ1) is 23.6. The summed E-state index contributed by atoms with van der Waals surface area (Å²) < 4.78 is 24.5. The minimum atomic E-state index is -0.602. The Labute approximate surface area is 188 Å². The molecule has 3 rings (SSSR count). The lowest BCUT2D eigenvalue weighted by Gasteiger charge is -2.31. The Morgan fingerprint density at radius 3 is 2.34 bits per heavy atom. The lowest BCUT2D eigenvalue weighted by molar-refractivity contribution is -0.141. The topological polar surface area (TPSA) is 67.9 Å². The lowest BCUT2D eigenvalue weighted by atomic mass is 10.1. The van der Waals surface area contributed by atoms with Crippen LogP contribution in [0.3, 0.4) is 0 Å². The molecule has 2 amide bonds. The zero-order chi connectivity index (χ0) is 23.1. The molecule has 1 N–H and O–H groups in total. The van der Waals surface area contributed by atoms with Gasteiger partial charge < -0.3 is 19.7 Å². The molecule has 32 heavy (non-hydrogen) atoms. The number of aryl methyl sites for hydroxylation is 1. The predicted molar refractivity (Wildman–Crippen MR) is 120 cm³/mol. The standard InChI is InChI=1S/C25H31FN2O4/c1-4-21(25(30)27-17(2)3)28(16-19-5-9-20(26)10-6-19)24(29)12-8-18-7-11-22-23(15-18)32-14-13-31-22/h5-7,9-11,15,17,21H,4,8,12-14,16H2,1-3H3,(H,27,30)/t21-/m0/s1. The van der Waals surface area contributed by atoms with Crippen molar-refractivity contribution in [2.24, 2.45) is 0 Å². The Hall–Kier alpha value is -3.09. The molecule has 2 aromatic rings. The van der Waals surface area contributed by atoms with E-state index in [9.17, 15) is 14.0 Å². The summed E-state index contributed by atoms with van der Waals surface area (Å²) in [6.45, 7) is 6.93. The molecule has 172 valence electrons. The van der Waals surface area contributed by atoms with E-state index in [1.54, 1.807) is 17.0 Å². The van der Waals surface area contributed by atoms with Gasteiger partial charge in [-0.3, -0.25) is 9.59 Å². The van der Waals surface area contributed by atoms with E-state index in [4.69, 9.17) is 9.47 Å². The van der Waals surface area contributed by atoms with Gasteiger partial charge in [0.15, 0.2) is 11.5 Å². The maximum atomic E-state index is 13.3. The largest absolute Gasteiger partial charge is 0.486 e. The number of carbonyl (C=O) groups excluding carboxylic acids is 2. The van der Waals surface area contributed by atoms with E-state index in [2.05, 4.69) is 5.32 Å². The van der Waals surface area contributed by atoms with Gasteiger partial charge in [-0.2, -0.15) is 0 Å². The molecule has 6 nitrogen and oxygen atoms in total. The predicted octanol–water partition coefficient (Wildman–Crippen LogP) is 3.86. The smallest absolute Gasteiger partial charge is 0.243 e. The summed E-state index contributed by atoms with van der Waals surface area (Å²) in [5.74, 6) is 0.745. The third kappa shape index (κ3) is 6.22. The van der Waals surface area contributed by atoms with Crippen molar-refractivity contribution in [3.05, 3.63) is 59.4 Å². The third-order valence-electron chi connectivity index (χ3n) is 5.32. The summed E-state index contributed by atoms with van der Waals surface area (Å²) >= 11 is 0.